The minimum Gasteiger partial charge on any atom is -0.363 e. The molecule has 1 saturated heterocycles. The largest absolute Gasteiger partial charge is 0.363 e. The molecule has 0 unspecified atom stereocenters. The van der Waals surface area contributed by atoms with Crippen LogP contribution in [0.3, 0.4) is 0 Å². The second kappa shape index (κ2) is 8.40. The number of benzene rings is 1. The molecule has 29 heavy (non-hydrogen) atoms. The predicted octanol–water partition coefficient (Wildman–Crippen LogP) is 3.55. The SMILES string of the molecule is O=C(CCN1C(=S)N[C@@H](c2ccccn2)[C@H]1c1ccc[nH]1)Nc1ccccc1F. The lowest BCUT2D eigenvalue weighted by molar-refractivity contribution is -0.116. The number of aromatic nitrogens is 2. The zero-order valence-corrected chi connectivity index (χ0v) is 16.3. The number of hydrogen-bond donors (Lipinski definition) is 3. The van der Waals surface area contributed by atoms with Crippen molar-refractivity contribution in [3.8, 4) is 0 Å². The average molecular weight is 409 g/mol. The van der Waals surface area contributed by atoms with Gasteiger partial charge in [0.05, 0.1) is 23.5 Å². The van der Waals surface area contributed by atoms with Crippen molar-refractivity contribution < 1.29 is 9.18 Å². The van der Waals surface area contributed by atoms with E-state index in [1.54, 1.807) is 18.3 Å². The van der Waals surface area contributed by atoms with E-state index >= 15 is 0 Å². The van der Waals surface area contributed by atoms with Gasteiger partial charge in [0.25, 0.3) is 0 Å². The van der Waals surface area contributed by atoms with Gasteiger partial charge in [-0.05, 0) is 48.6 Å². The lowest BCUT2D eigenvalue weighted by atomic mass is 10.0. The number of para-hydroxylation sites is 1. The minimum atomic E-state index is -0.460. The molecule has 4 rings (SSSR count). The fourth-order valence-corrected chi connectivity index (χ4v) is 3.84. The van der Waals surface area contributed by atoms with Gasteiger partial charge in [0.15, 0.2) is 5.11 Å². The van der Waals surface area contributed by atoms with Crippen LogP contribution in [0.2, 0.25) is 0 Å². The first-order chi connectivity index (χ1) is 14.1. The number of thiocarbonyl (C=S) groups is 1. The molecule has 3 heterocycles. The molecular formula is C21H20FN5OS. The number of H-pyrrole nitrogens is 1. The first-order valence-corrected chi connectivity index (χ1v) is 9.70. The molecule has 1 aromatic carbocycles. The van der Waals surface area contributed by atoms with Crippen molar-refractivity contribution in [3.05, 3.63) is 84.2 Å². The van der Waals surface area contributed by atoms with Gasteiger partial charge in [0.1, 0.15) is 5.82 Å². The quantitative estimate of drug-likeness (QED) is 0.543. The fourth-order valence-electron chi connectivity index (χ4n) is 3.51. The summed E-state index contributed by atoms with van der Waals surface area (Å²) in [6, 6.07) is 15.5. The van der Waals surface area contributed by atoms with E-state index in [0.717, 1.165) is 11.4 Å². The third kappa shape index (κ3) is 4.12. The van der Waals surface area contributed by atoms with Gasteiger partial charge in [-0.15, -0.1) is 0 Å². The maximum Gasteiger partial charge on any atom is 0.226 e. The second-order valence-electron chi connectivity index (χ2n) is 6.72. The van der Waals surface area contributed by atoms with Crippen molar-refractivity contribution in [3.63, 3.8) is 0 Å². The minimum absolute atomic E-state index is 0.131. The Labute approximate surface area is 173 Å². The van der Waals surface area contributed by atoms with E-state index in [4.69, 9.17) is 12.2 Å². The Morgan fingerprint density at radius 3 is 2.72 bits per heavy atom. The molecule has 1 aliphatic rings. The second-order valence-corrected chi connectivity index (χ2v) is 7.11. The molecule has 148 valence electrons. The van der Waals surface area contributed by atoms with Crippen molar-refractivity contribution in [1.29, 1.82) is 0 Å². The summed E-state index contributed by atoms with van der Waals surface area (Å²) in [6.07, 6.45) is 3.77. The van der Waals surface area contributed by atoms with Crippen LogP contribution in [0, 0.1) is 5.82 Å². The molecule has 0 saturated carbocycles. The van der Waals surface area contributed by atoms with Gasteiger partial charge in [-0.2, -0.15) is 0 Å². The van der Waals surface area contributed by atoms with Crippen molar-refractivity contribution in [2.45, 2.75) is 18.5 Å². The number of carbonyl (C=O) groups is 1. The smallest absolute Gasteiger partial charge is 0.226 e. The maximum atomic E-state index is 13.8. The Balaban J connectivity index is 1.50. The molecule has 2 atom stereocenters. The zero-order valence-electron chi connectivity index (χ0n) is 15.5. The molecule has 2 aromatic heterocycles. The van der Waals surface area contributed by atoms with E-state index in [2.05, 4.69) is 20.6 Å². The van der Waals surface area contributed by atoms with Crippen LogP contribution in [0.4, 0.5) is 10.1 Å². The highest BCUT2D eigenvalue weighted by molar-refractivity contribution is 7.80. The Bertz CT molecular complexity index is 995. The number of halogens is 1. The number of aromatic amines is 1. The van der Waals surface area contributed by atoms with Gasteiger partial charge < -0.3 is 20.5 Å². The molecule has 0 radical (unpaired) electrons. The van der Waals surface area contributed by atoms with E-state index in [1.165, 1.54) is 12.1 Å². The number of carbonyl (C=O) groups excluding carboxylic acids is 1. The van der Waals surface area contributed by atoms with Crippen LogP contribution >= 0.6 is 12.2 Å². The Morgan fingerprint density at radius 1 is 1.17 bits per heavy atom. The topological polar surface area (TPSA) is 73.0 Å². The molecule has 0 aliphatic carbocycles. The van der Waals surface area contributed by atoms with Crippen molar-refractivity contribution in [2.75, 3.05) is 11.9 Å². The van der Waals surface area contributed by atoms with Crippen molar-refractivity contribution in [2.24, 2.45) is 0 Å². The highest BCUT2D eigenvalue weighted by atomic mass is 32.1. The zero-order chi connectivity index (χ0) is 20.2. The molecule has 8 heteroatoms. The molecule has 6 nitrogen and oxygen atoms in total. The average Bonchev–Trinajstić information content (AvgIpc) is 3.36. The summed E-state index contributed by atoms with van der Waals surface area (Å²) in [4.78, 5) is 22.1. The summed E-state index contributed by atoms with van der Waals surface area (Å²) >= 11 is 5.55. The fraction of sp³-hybridized carbons (Fsp3) is 0.190. The normalized spacial score (nSPS) is 18.5. The van der Waals surface area contributed by atoms with Crippen molar-refractivity contribution >= 4 is 28.9 Å². The van der Waals surface area contributed by atoms with Gasteiger partial charge in [0.2, 0.25) is 5.91 Å². The van der Waals surface area contributed by atoms with Crippen LogP contribution in [0.5, 0.6) is 0 Å². The standard InChI is InChI=1S/C21H20FN5OS/c22-14-6-1-2-7-15(14)25-18(28)10-13-27-20(17-9-5-12-24-17)19(26-21(27)29)16-8-3-4-11-23-16/h1-9,11-12,19-20,24H,10,13H2,(H,25,28)(H,26,29)/t19-,20+/m0/s1. The third-order valence-electron chi connectivity index (χ3n) is 4.87. The Hall–Kier alpha value is -3.26. The van der Waals surface area contributed by atoms with E-state index in [0.29, 0.717) is 11.7 Å². The third-order valence-corrected chi connectivity index (χ3v) is 5.22. The number of anilines is 1. The van der Waals surface area contributed by atoms with Gasteiger partial charge in [-0.1, -0.05) is 18.2 Å². The Kier molecular flexibility index (Phi) is 5.53. The van der Waals surface area contributed by atoms with E-state index in [1.807, 2.05) is 41.4 Å². The molecular weight excluding hydrogens is 389 g/mol. The lowest BCUT2D eigenvalue weighted by Gasteiger charge is -2.26. The summed E-state index contributed by atoms with van der Waals surface area (Å²) in [6.45, 7) is 0.388. The number of nitrogens with zero attached hydrogens (tertiary/aromatic N) is 2. The summed E-state index contributed by atoms with van der Waals surface area (Å²) < 4.78 is 13.8. The molecule has 1 fully saturated rings. The highest BCUT2D eigenvalue weighted by Gasteiger charge is 2.40. The van der Waals surface area contributed by atoms with E-state index < -0.39 is 5.82 Å². The first-order valence-electron chi connectivity index (χ1n) is 9.29. The number of rotatable bonds is 6. The first kappa shape index (κ1) is 19.1. The van der Waals surface area contributed by atoms with E-state index in [9.17, 15) is 9.18 Å². The monoisotopic (exact) mass is 409 g/mol. The van der Waals surface area contributed by atoms with E-state index in [-0.39, 0.29) is 30.1 Å². The molecule has 3 N–H and O–H groups in total. The summed E-state index contributed by atoms with van der Waals surface area (Å²) in [5.41, 5.74) is 2.02. The van der Waals surface area contributed by atoms with Crippen LogP contribution in [0.15, 0.2) is 67.0 Å². The highest BCUT2D eigenvalue weighted by Crippen LogP contribution is 2.37. The van der Waals surface area contributed by atoms with Crippen LogP contribution in [0.1, 0.15) is 29.9 Å². The molecule has 1 aliphatic heterocycles. The van der Waals surface area contributed by atoms with Crippen LogP contribution < -0.4 is 10.6 Å². The summed E-state index contributed by atoms with van der Waals surface area (Å²) in [5.74, 6) is -0.733. The van der Waals surface area contributed by atoms with Gasteiger partial charge in [-0.3, -0.25) is 9.78 Å². The predicted molar refractivity (Wildman–Crippen MR) is 113 cm³/mol. The summed E-state index contributed by atoms with van der Waals surface area (Å²) in [7, 11) is 0. The van der Waals surface area contributed by atoms with Crippen molar-refractivity contribution in [1.82, 2.24) is 20.2 Å². The number of pyridine rings is 1. The van der Waals surface area contributed by atoms with Crippen LogP contribution in [0.25, 0.3) is 0 Å². The lowest BCUT2D eigenvalue weighted by Crippen LogP contribution is -2.32. The van der Waals surface area contributed by atoms with Crippen LogP contribution in [-0.2, 0) is 4.79 Å². The number of hydrogen-bond acceptors (Lipinski definition) is 3. The van der Waals surface area contributed by atoms with Crippen LogP contribution in [-0.4, -0.2) is 32.4 Å². The molecule has 1 amide bonds. The number of nitrogens with one attached hydrogen (secondary N) is 3. The molecule has 3 aromatic rings. The van der Waals surface area contributed by atoms with Gasteiger partial charge >= 0.3 is 0 Å². The van der Waals surface area contributed by atoms with Gasteiger partial charge in [-0.25, -0.2) is 4.39 Å². The maximum absolute atomic E-state index is 13.8. The van der Waals surface area contributed by atoms with Gasteiger partial charge in [0, 0.05) is 31.1 Å². The number of amides is 1. The molecule has 0 bridgehead atoms. The Morgan fingerprint density at radius 2 is 2.00 bits per heavy atom. The summed E-state index contributed by atoms with van der Waals surface area (Å²) in [5, 5.41) is 6.50. The molecule has 0 spiro atoms.